The highest BCUT2D eigenvalue weighted by atomic mass is 32.2. The number of hydrogen-bond donors (Lipinski definition) is 1. The lowest BCUT2D eigenvalue weighted by molar-refractivity contribution is 0.601. The zero-order valence-corrected chi connectivity index (χ0v) is 18.0. The van der Waals surface area contributed by atoms with Crippen LogP contribution in [0, 0.1) is 6.92 Å². The molecule has 0 saturated carbocycles. The molecule has 1 aromatic heterocycles. The summed E-state index contributed by atoms with van der Waals surface area (Å²) in [6.07, 6.45) is 1.72. The maximum atomic E-state index is 12.7. The normalized spacial score (nSPS) is 11.3. The van der Waals surface area contributed by atoms with Gasteiger partial charge in [-0.15, -0.1) is 0 Å². The molecule has 0 atom stereocenters. The molecule has 0 aliphatic carbocycles. The number of hydrogen-bond acceptors (Lipinski definition) is 4. The van der Waals surface area contributed by atoms with Crippen LogP contribution in [0.15, 0.2) is 95.9 Å². The van der Waals surface area contributed by atoms with Crippen molar-refractivity contribution in [3.63, 3.8) is 0 Å². The van der Waals surface area contributed by atoms with Gasteiger partial charge in [0.2, 0.25) is 0 Å². The molecule has 1 heterocycles. The SMILES string of the molecule is Cc1ccc(S(=O)(=O)Nc2cccc(-c3ccc(CCc4ccccc4)nn3)c2)cc1. The largest absolute Gasteiger partial charge is 0.280 e. The number of benzene rings is 3. The van der Waals surface area contributed by atoms with Crippen molar-refractivity contribution < 1.29 is 8.42 Å². The molecular weight excluding hydrogens is 406 g/mol. The fourth-order valence-electron chi connectivity index (χ4n) is 3.24. The molecule has 0 bridgehead atoms. The molecule has 4 rings (SSSR count). The predicted octanol–water partition coefficient (Wildman–Crippen LogP) is 5.04. The Balaban J connectivity index is 1.47. The van der Waals surface area contributed by atoms with Gasteiger partial charge in [0.15, 0.2) is 0 Å². The van der Waals surface area contributed by atoms with E-state index in [0.29, 0.717) is 11.4 Å². The molecule has 0 amide bonds. The van der Waals surface area contributed by atoms with Gasteiger partial charge in [0, 0.05) is 11.3 Å². The minimum absolute atomic E-state index is 0.228. The zero-order valence-electron chi connectivity index (χ0n) is 17.2. The number of nitrogens with zero attached hydrogens (tertiary/aromatic N) is 2. The Hall–Kier alpha value is -3.51. The van der Waals surface area contributed by atoms with E-state index in [0.717, 1.165) is 29.7 Å². The van der Waals surface area contributed by atoms with E-state index in [1.165, 1.54) is 5.56 Å². The number of nitrogens with one attached hydrogen (secondary N) is 1. The van der Waals surface area contributed by atoms with Crippen molar-refractivity contribution in [2.24, 2.45) is 0 Å². The van der Waals surface area contributed by atoms with Gasteiger partial charge in [-0.1, -0.05) is 60.2 Å². The summed E-state index contributed by atoms with van der Waals surface area (Å²) in [5.41, 5.74) is 5.16. The van der Waals surface area contributed by atoms with Crippen molar-refractivity contribution in [3.8, 4) is 11.3 Å². The molecule has 6 heteroatoms. The summed E-state index contributed by atoms with van der Waals surface area (Å²) in [5.74, 6) is 0. The zero-order chi connectivity index (χ0) is 21.7. The predicted molar refractivity (Wildman–Crippen MR) is 123 cm³/mol. The average molecular weight is 430 g/mol. The molecule has 31 heavy (non-hydrogen) atoms. The lowest BCUT2D eigenvalue weighted by atomic mass is 10.1. The van der Waals surface area contributed by atoms with Gasteiger partial charge in [0.25, 0.3) is 10.0 Å². The first-order chi connectivity index (χ1) is 15.0. The third kappa shape index (κ3) is 5.35. The molecule has 0 aliphatic rings. The Bertz CT molecular complexity index is 1250. The molecule has 5 nitrogen and oxygen atoms in total. The quantitative estimate of drug-likeness (QED) is 0.447. The van der Waals surface area contributed by atoms with Gasteiger partial charge >= 0.3 is 0 Å². The van der Waals surface area contributed by atoms with Crippen LogP contribution < -0.4 is 4.72 Å². The lowest BCUT2D eigenvalue weighted by Gasteiger charge is -2.10. The Kier molecular flexibility index (Phi) is 6.09. The smallest absolute Gasteiger partial charge is 0.261 e. The molecule has 1 N–H and O–H groups in total. The first-order valence-electron chi connectivity index (χ1n) is 10.1. The molecule has 156 valence electrons. The summed E-state index contributed by atoms with van der Waals surface area (Å²) in [4.78, 5) is 0.228. The minimum atomic E-state index is -3.66. The highest BCUT2D eigenvalue weighted by Crippen LogP contribution is 2.23. The molecule has 0 saturated heterocycles. The van der Waals surface area contributed by atoms with Crippen molar-refractivity contribution in [1.29, 1.82) is 0 Å². The molecule has 0 unspecified atom stereocenters. The summed E-state index contributed by atoms with van der Waals surface area (Å²) in [6.45, 7) is 1.92. The van der Waals surface area contributed by atoms with Crippen LogP contribution in [0.25, 0.3) is 11.3 Å². The summed E-state index contributed by atoms with van der Waals surface area (Å²) < 4.78 is 27.9. The van der Waals surface area contributed by atoms with Crippen molar-refractivity contribution in [2.45, 2.75) is 24.7 Å². The Labute approximate surface area is 182 Å². The fraction of sp³-hybridized carbons (Fsp3) is 0.120. The van der Waals surface area contributed by atoms with E-state index < -0.39 is 10.0 Å². The van der Waals surface area contributed by atoms with E-state index >= 15 is 0 Å². The average Bonchev–Trinajstić information content (AvgIpc) is 2.79. The number of rotatable bonds is 7. The first-order valence-corrected chi connectivity index (χ1v) is 11.5. The third-order valence-corrected chi connectivity index (χ3v) is 6.37. The van der Waals surface area contributed by atoms with E-state index in [1.807, 2.05) is 43.3 Å². The number of sulfonamides is 1. The summed E-state index contributed by atoms with van der Waals surface area (Å²) in [5, 5.41) is 8.68. The van der Waals surface area contributed by atoms with Gasteiger partial charge in [-0.25, -0.2) is 8.42 Å². The topological polar surface area (TPSA) is 72.0 Å². The van der Waals surface area contributed by atoms with Gasteiger partial charge in [-0.05, 0) is 61.7 Å². The molecule has 0 aliphatic heterocycles. The Morgan fingerprint density at radius 2 is 1.55 bits per heavy atom. The van der Waals surface area contributed by atoms with Crippen molar-refractivity contribution in [2.75, 3.05) is 4.72 Å². The van der Waals surface area contributed by atoms with Crippen LogP contribution in [0.3, 0.4) is 0 Å². The molecule has 0 fully saturated rings. The van der Waals surface area contributed by atoms with Crippen LogP contribution in [-0.2, 0) is 22.9 Å². The van der Waals surface area contributed by atoms with E-state index in [1.54, 1.807) is 42.5 Å². The van der Waals surface area contributed by atoms with Crippen LogP contribution in [0.1, 0.15) is 16.8 Å². The number of aryl methyl sites for hydroxylation is 3. The standard InChI is InChI=1S/C25H23N3O2S/c1-19-10-15-24(16-11-19)31(29,30)28-23-9-5-8-21(18-23)25-17-14-22(26-27-25)13-12-20-6-3-2-4-7-20/h2-11,14-18,28H,12-13H2,1H3. The minimum Gasteiger partial charge on any atom is -0.280 e. The summed E-state index contributed by atoms with van der Waals surface area (Å²) in [7, 11) is -3.66. The van der Waals surface area contributed by atoms with Gasteiger partial charge in [-0.2, -0.15) is 10.2 Å². The Morgan fingerprint density at radius 3 is 2.26 bits per heavy atom. The fourth-order valence-corrected chi connectivity index (χ4v) is 4.29. The van der Waals surface area contributed by atoms with Crippen molar-refractivity contribution >= 4 is 15.7 Å². The van der Waals surface area contributed by atoms with Gasteiger partial charge in [0.1, 0.15) is 0 Å². The number of anilines is 1. The van der Waals surface area contributed by atoms with Crippen molar-refractivity contribution in [1.82, 2.24) is 10.2 Å². The van der Waals surface area contributed by atoms with Gasteiger partial charge < -0.3 is 0 Å². The Morgan fingerprint density at radius 1 is 0.774 bits per heavy atom. The highest BCUT2D eigenvalue weighted by molar-refractivity contribution is 7.92. The van der Waals surface area contributed by atoms with Crippen LogP contribution >= 0.6 is 0 Å². The monoisotopic (exact) mass is 429 g/mol. The third-order valence-electron chi connectivity index (χ3n) is 4.97. The van der Waals surface area contributed by atoms with Gasteiger partial charge in [0.05, 0.1) is 16.3 Å². The highest BCUT2D eigenvalue weighted by Gasteiger charge is 2.14. The maximum Gasteiger partial charge on any atom is 0.261 e. The molecule has 3 aromatic carbocycles. The van der Waals surface area contributed by atoms with Crippen LogP contribution in [0.5, 0.6) is 0 Å². The van der Waals surface area contributed by atoms with Crippen LogP contribution in [0.4, 0.5) is 5.69 Å². The van der Waals surface area contributed by atoms with E-state index in [-0.39, 0.29) is 4.90 Å². The molecule has 0 spiro atoms. The second-order valence-electron chi connectivity index (χ2n) is 7.39. The second-order valence-corrected chi connectivity index (χ2v) is 9.08. The molecule has 0 radical (unpaired) electrons. The molecular formula is C25H23N3O2S. The lowest BCUT2D eigenvalue weighted by Crippen LogP contribution is -2.12. The number of aromatic nitrogens is 2. The van der Waals surface area contributed by atoms with Gasteiger partial charge in [-0.3, -0.25) is 4.72 Å². The van der Waals surface area contributed by atoms with E-state index in [2.05, 4.69) is 27.1 Å². The van der Waals surface area contributed by atoms with Crippen LogP contribution in [-0.4, -0.2) is 18.6 Å². The summed E-state index contributed by atoms with van der Waals surface area (Å²) in [6, 6.07) is 28.1. The first kappa shape index (κ1) is 20.8. The van der Waals surface area contributed by atoms with E-state index in [4.69, 9.17) is 0 Å². The summed E-state index contributed by atoms with van der Waals surface area (Å²) >= 11 is 0. The second kappa shape index (κ2) is 9.10. The maximum absolute atomic E-state index is 12.7. The molecule has 4 aromatic rings. The van der Waals surface area contributed by atoms with Crippen molar-refractivity contribution in [3.05, 3.63) is 108 Å². The van der Waals surface area contributed by atoms with E-state index in [9.17, 15) is 8.42 Å². The van der Waals surface area contributed by atoms with Crippen LogP contribution in [0.2, 0.25) is 0 Å².